The molecule has 0 fully saturated rings. The fraction of sp³-hybridized carbons (Fsp3) is 0.181. The van der Waals surface area contributed by atoms with E-state index in [0.717, 1.165) is 6.07 Å². The molecule has 124 heavy (non-hydrogen) atoms. The van der Waals surface area contributed by atoms with Gasteiger partial charge >= 0.3 is 35.8 Å². The van der Waals surface area contributed by atoms with Crippen LogP contribution in [0.5, 0.6) is 46.0 Å². The number of halogens is 15. The van der Waals surface area contributed by atoms with Gasteiger partial charge in [-0.05, 0) is 174 Å². The molecular weight excluding hydrogens is 1960 g/mol. The summed E-state index contributed by atoms with van der Waals surface area (Å²) in [6.45, 7) is 10.4. The van der Waals surface area contributed by atoms with Crippen molar-refractivity contribution in [2.75, 3.05) is 40.3 Å². The molecular formula is C83H67BrCl13FN8O18. The number of nitrogens with one attached hydrogen (secondary N) is 1. The molecule has 0 saturated heterocycles. The zero-order valence-electron chi connectivity index (χ0n) is 66.1. The average Bonchev–Trinajstić information content (AvgIpc) is 1.61. The van der Waals surface area contributed by atoms with Gasteiger partial charge in [0.15, 0.2) is 12.6 Å². The van der Waals surface area contributed by atoms with Gasteiger partial charge in [-0.15, -0.1) is 0 Å². The fourth-order valence-corrected chi connectivity index (χ4v) is 11.7. The van der Waals surface area contributed by atoms with Crippen LogP contribution in [0, 0.1) is 5.82 Å². The van der Waals surface area contributed by atoms with Crippen molar-refractivity contribution in [2.24, 2.45) is 10.2 Å². The third-order valence-electron chi connectivity index (χ3n) is 14.6. The molecule has 1 N–H and O–H groups in total. The molecule has 2 heterocycles. The van der Waals surface area contributed by atoms with Crippen LogP contribution in [0.15, 0.2) is 180 Å². The van der Waals surface area contributed by atoms with Crippen molar-refractivity contribution in [1.82, 2.24) is 9.55 Å². The highest BCUT2D eigenvalue weighted by molar-refractivity contribution is 9.09. The molecule has 2 aromatic heterocycles. The molecule has 26 nitrogen and oxygen atoms in total. The van der Waals surface area contributed by atoms with E-state index in [0.29, 0.717) is 157 Å². The molecule has 0 amide bonds. The number of carbonyl (C=O) groups is 8. The normalized spacial score (nSPS) is 10.5. The number of ether oxygens (including phenoxy) is 10. The SMILES string of the molecule is CC(C)(C)OC(=O)CBr.COC(=O)/C(=C/c1ccc(Cl)cc1Oc1cc(Cl)ccc1Cl)N=[N+]=[N-].COC(=O)CN=[N+]=[N-].COC(=O)c1cc2c(Oc3cc(Cl)ccc3Cl)cc(Cl)cc2[nH]1.COC(=O)c1cc2c(Oc3cc(Cl)ccc3Cl)cc(Cl)cc2n1CC(=O)OC(C)(C)C.O=Cc1ccc(Cl)cc1F.O=Cc1ccc(Cl)cc1Oc1cc(Cl)ccc1Cl. The van der Waals surface area contributed by atoms with Crippen LogP contribution in [-0.4, -0.2) is 109 Å². The summed E-state index contributed by atoms with van der Waals surface area (Å²) in [5.74, 6) is -0.963. The van der Waals surface area contributed by atoms with Crippen LogP contribution >= 0.6 is 167 Å². The van der Waals surface area contributed by atoms with E-state index in [9.17, 15) is 42.7 Å². The highest BCUT2D eigenvalue weighted by Gasteiger charge is 2.26. The van der Waals surface area contributed by atoms with Crippen molar-refractivity contribution in [1.29, 1.82) is 0 Å². The largest absolute Gasteiger partial charge is 0.469 e. The summed E-state index contributed by atoms with van der Waals surface area (Å²) in [7, 11) is 4.97. The molecule has 11 aromatic rings. The number of hydrogen-bond donors (Lipinski definition) is 1. The molecule has 9 aromatic carbocycles. The fourth-order valence-electron chi connectivity index (χ4n) is 9.45. The second kappa shape index (κ2) is 50.8. The van der Waals surface area contributed by atoms with Crippen molar-refractivity contribution >= 4 is 243 Å². The summed E-state index contributed by atoms with van der Waals surface area (Å²) in [5.41, 5.74) is 17.4. The smallest absolute Gasteiger partial charge is 0.354 e. The number of fused-ring (bicyclic) bond motifs is 2. The Morgan fingerprint density at radius 2 is 0.839 bits per heavy atom. The lowest BCUT2D eigenvalue weighted by Gasteiger charge is -2.20. The van der Waals surface area contributed by atoms with Crippen LogP contribution in [0.2, 0.25) is 65.3 Å². The monoisotopic (exact) mass is 2020 g/mol. The number of azide groups is 2. The van der Waals surface area contributed by atoms with E-state index in [1.807, 2.05) is 20.8 Å². The third kappa shape index (κ3) is 34.5. The number of esters is 6. The maximum atomic E-state index is 12.5. The Balaban J connectivity index is 0.000000269. The van der Waals surface area contributed by atoms with E-state index in [2.05, 4.69) is 50.4 Å². The molecule has 0 spiro atoms. The van der Waals surface area contributed by atoms with Crippen LogP contribution in [-0.2, 0) is 54.1 Å². The first-order chi connectivity index (χ1) is 58.5. The number of hydrogen-bond acceptors (Lipinski definition) is 20. The van der Waals surface area contributed by atoms with Gasteiger partial charge < -0.3 is 56.9 Å². The van der Waals surface area contributed by atoms with E-state index in [1.54, 1.807) is 154 Å². The predicted octanol–water partition coefficient (Wildman–Crippen LogP) is 28.2. The predicted molar refractivity (Wildman–Crippen MR) is 485 cm³/mol. The first-order valence-electron chi connectivity index (χ1n) is 34.7. The Morgan fingerprint density at radius 1 is 0.444 bits per heavy atom. The number of rotatable bonds is 20. The van der Waals surface area contributed by atoms with Crippen molar-refractivity contribution in [3.8, 4) is 46.0 Å². The highest BCUT2D eigenvalue weighted by Crippen LogP contribution is 2.42. The molecule has 0 bridgehead atoms. The maximum absolute atomic E-state index is 12.5. The summed E-state index contributed by atoms with van der Waals surface area (Å²) in [6.07, 6.45) is 2.45. The Kier molecular flexibility index (Phi) is 42.8. The molecule has 0 aliphatic carbocycles. The van der Waals surface area contributed by atoms with Gasteiger partial charge in [-0.1, -0.05) is 177 Å². The summed E-state index contributed by atoms with van der Waals surface area (Å²) >= 11 is 80.9. The number of aromatic amines is 1. The molecule has 0 saturated carbocycles. The molecule has 0 aliphatic rings. The standard InChI is InChI=1S/C22H20Cl3NO5.C16H10Cl3N3O3.C16H10Cl3NO3.C13H7Cl3O2.C7H4ClFO.C6H11BrO2.C3H5N3O2/c1-22(2,3)31-20(27)11-26-16-7-13(24)9-18(14(16)10-17(26)21(28)29-4)30-19-8-12(23)5-6-15(19)25;1-24-16(23)13(21-22-20)6-9-2-3-10(17)7-14(9)25-15-8-11(18)4-5-12(15)19;1-22-16(21)13-7-10-12(20-13)4-9(18)6-14(10)23-15-5-8(17)2-3-11(15)19;14-9-2-1-8(7-17)12(5-9)18-13-6-10(15)3-4-11(13)16;8-6-2-1-5(4-10)7(9)3-6;1-6(2,3)9-5(8)4-7;1-8-3(7)2-5-6-4/h5-10H,11H2,1-4H3;2-8H,1H3;2-7,20H,1H3;1-7H;1-4H;4H2,1-3H3;2H2,1H3/b;13-6-;;;;;. The molecule has 0 unspecified atom stereocenters. The number of benzene rings is 9. The molecule has 652 valence electrons. The van der Waals surface area contributed by atoms with Crippen molar-refractivity contribution in [3.63, 3.8) is 0 Å². The third-order valence-corrected chi connectivity index (χ3v) is 18.4. The van der Waals surface area contributed by atoms with Crippen molar-refractivity contribution in [2.45, 2.75) is 59.3 Å². The first kappa shape index (κ1) is 105. The maximum Gasteiger partial charge on any atom is 0.354 e. The van der Waals surface area contributed by atoms with E-state index < -0.39 is 41.3 Å². The van der Waals surface area contributed by atoms with Gasteiger partial charge in [0.05, 0.1) is 70.7 Å². The number of H-pyrrole nitrogens is 1. The van der Waals surface area contributed by atoms with Gasteiger partial charge in [-0.3, -0.25) is 24.0 Å². The summed E-state index contributed by atoms with van der Waals surface area (Å²) in [5, 5.41) is 13.0. The average molecular weight is 2020 g/mol. The minimum absolute atomic E-state index is 0.0319. The van der Waals surface area contributed by atoms with E-state index in [4.69, 9.17) is 200 Å². The Hall–Kier alpha value is -10.0. The zero-order valence-corrected chi connectivity index (χ0v) is 77.5. The Morgan fingerprint density at radius 3 is 1.24 bits per heavy atom. The quantitative estimate of drug-likeness (QED) is 0.0108. The molecule has 0 atom stereocenters. The van der Waals surface area contributed by atoms with Crippen molar-refractivity contribution in [3.05, 3.63) is 290 Å². The lowest BCUT2D eigenvalue weighted by atomic mass is 10.1. The number of aromatic nitrogens is 2. The molecule has 0 aliphatic heterocycles. The number of alkyl halides is 1. The van der Waals surface area contributed by atoms with Crippen LogP contribution in [0.1, 0.15) is 88.8 Å². The topological polar surface area (TPSA) is 347 Å². The second-order valence-corrected chi connectivity index (χ2v) is 32.1. The number of nitrogens with zero attached hydrogens (tertiary/aromatic N) is 7. The van der Waals surface area contributed by atoms with Crippen LogP contribution in [0.4, 0.5) is 4.39 Å². The minimum Gasteiger partial charge on any atom is -0.469 e. The second-order valence-electron chi connectivity index (χ2n) is 25.9. The molecule has 11 rings (SSSR count). The van der Waals surface area contributed by atoms with Crippen LogP contribution in [0.3, 0.4) is 0 Å². The number of carbonyl (C=O) groups excluding carboxylic acids is 8. The van der Waals surface area contributed by atoms with Crippen LogP contribution < -0.4 is 18.9 Å². The molecule has 0 radical (unpaired) electrons. The highest BCUT2D eigenvalue weighted by atomic mass is 79.9. The van der Waals surface area contributed by atoms with Gasteiger partial charge in [0.1, 0.15) is 98.5 Å². The minimum atomic E-state index is -0.792. The van der Waals surface area contributed by atoms with E-state index >= 15 is 0 Å². The van der Waals surface area contributed by atoms with E-state index in [1.165, 1.54) is 63.3 Å². The van der Waals surface area contributed by atoms with Gasteiger partial charge in [0.2, 0.25) is 0 Å². The number of aldehydes is 2. The first-order valence-corrected chi connectivity index (χ1v) is 40.7. The summed E-state index contributed by atoms with van der Waals surface area (Å²) < 4.78 is 65.8. The summed E-state index contributed by atoms with van der Waals surface area (Å²) in [4.78, 5) is 97.7. The summed E-state index contributed by atoms with van der Waals surface area (Å²) in [6, 6.07) is 42.3. The van der Waals surface area contributed by atoms with Gasteiger partial charge in [0, 0.05) is 120 Å². The Bertz CT molecular complexity index is 5860. The lowest BCUT2D eigenvalue weighted by molar-refractivity contribution is -0.155. The van der Waals surface area contributed by atoms with Crippen LogP contribution in [0.25, 0.3) is 48.8 Å². The van der Waals surface area contributed by atoms with Gasteiger partial charge in [0.25, 0.3) is 0 Å². The van der Waals surface area contributed by atoms with E-state index in [-0.39, 0.29) is 52.7 Å². The van der Waals surface area contributed by atoms with Gasteiger partial charge in [-0.2, -0.15) is 0 Å². The zero-order chi connectivity index (χ0) is 92.5. The van der Waals surface area contributed by atoms with Crippen molar-refractivity contribution < 1.29 is 90.1 Å². The molecule has 41 heteroatoms. The van der Waals surface area contributed by atoms with Gasteiger partial charge in [-0.25, -0.2) is 18.8 Å². The number of methoxy groups -OCH3 is 4. The Labute approximate surface area is 781 Å². The lowest BCUT2D eigenvalue weighted by Crippen LogP contribution is -2.27.